The van der Waals surface area contributed by atoms with Crippen LogP contribution in [0.2, 0.25) is 0 Å². The van der Waals surface area contributed by atoms with Crippen LogP contribution < -0.4 is 10.1 Å². The molecule has 2 rings (SSSR count). The van der Waals surface area contributed by atoms with Gasteiger partial charge in [-0.05, 0) is 30.7 Å². The molecule has 0 atom stereocenters. The Bertz CT molecular complexity index is 511. The van der Waals surface area contributed by atoms with Crippen LogP contribution in [0.4, 0.5) is 0 Å². The van der Waals surface area contributed by atoms with E-state index >= 15 is 0 Å². The van der Waals surface area contributed by atoms with E-state index in [-0.39, 0.29) is 0 Å². The van der Waals surface area contributed by atoms with E-state index in [0.29, 0.717) is 5.88 Å². The molecule has 0 saturated carbocycles. The molecule has 0 aliphatic heterocycles. The van der Waals surface area contributed by atoms with E-state index in [1.165, 1.54) is 5.56 Å². The molecular weight excluding hydrogens is 238 g/mol. The lowest BCUT2D eigenvalue weighted by molar-refractivity contribution is 0.448. The van der Waals surface area contributed by atoms with Crippen molar-refractivity contribution in [2.45, 2.75) is 26.8 Å². The Kier molecular flexibility index (Phi) is 4.86. The average molecular weight is 257 g/mol. The van der Waals surface area contributed by atoms with Crippen LogP contribution in [-0.4, -0.2) is 16.7 Å². The number of nitrogens with zero attached hydrogens (tertiary/aromatic N) is 2. The van der Waals surface area contributed by atoms with E-state index in [1.54, 1.807) is 0 Å². The predicted molar refractivity (Wildman–Crippen MR) is 75.3 cm³/mol. The van der Waals surface area contributed by atoms with Crippen LogP contribution in [0.15, 0.2) is 36.4 Å². The van der Waals surface area contributed by atoms with Crippen molar-refractivity contribution in [3.05, 3.63) is 47.7 Å². The molecule has 0 aliphatic carbocycles. The molecule has 0 spiro atoms. The van der Waals surface area contributed by atoms with Crippen molar-refractivity contribution in [2.75, 3.05) is 6.54 Å². The normalized spacial score (nSPS) is 10.4. The lowest BCUT2D eigenvalue weighted by atomic mass is 10.1. The summed E-state index contributed by atoms with van der Waals surface area (Å²) in [7, 11) is 0. The molecule has 1 N–H and O–H groups in total. The highest BCUT2D eigenvalue weighted by Gasteiger charge is 2.04. The van der Waals surface area contributed by atoms with Crippen molar-refractivity contribution in [1.82, 2.24) is 15.5 Å². The number of benzene rings is 1. The molecule has 0 unspecified atom stereocenters. The molecular formula is C15H19N3O. The summed E-state index contributed by atoms with van der Waals surface area (Å²) in [5.41, 5.74) is 2.08. The molecule has 2 aromatic rings. The quantitative estimate of drug-likeness (QED) is 0.864. The van der Waals surface area contributed by atoms with Crippen molar-refractivity contribution in [2.24, 2.45) is 0 Å². The molecule has 4 heteroatoms. The second-order valence-electron chi connectivity index (χ2n) is 4.21. The topological polar surface area (TPSA) is 47.0 Å². The van der Waals surface area contributed by atoms with Crippen molar-refractivity contribution < 1.29 is 4.74 Å². The van der Waals surface area contributed by atoms with Crippen LogP contribution >= 0.6 is 0 Å². The van der Waals surface area contributed by atoms with Crippen molar-refractivity contribution in [3.8, 4) is 11.6 Å². The van der Waals surface area contributed by atoms with Gasteiger partial charge in [-0.3, -0.25) is 0 Å². The van der Waals surface area contributed by atoms with Crippen molar-refractivity contribution >= 4 is 0 Å². The Morgan fingerprint density at radius 1 is 1.05 bits per heavy atom. The third-order valence-corrected chi connectivity index (χ3v) is 2.82. The first kappa shape index (κ1) is 13.5. The Morgan fingerprint density at radius 3 is 2.58 bits per heavy atom. The number of para-hydroxylation sites is 1. The summed E-state index contributed by atoms with van der Waals surface area (Å²) >= 11 is 0. The van der Waals surface area contributed by atoms with Crippen LogP contribution in [-0.2, 0) is 13.0 Å². The first-order chi connectivity index (χ1) is 9.33. The van der Waals surface area contributed by atoms with E-state index in [1.807, 2.05) is 30.3 Å². The summed E-state index contributed by atoms with van der Waals surface area (Å²) in [6.45, 7) is 5.82. The Labute approximate surface area is 113 Å². The summed E-state index contributed by atoms with van der Waals surface area (Å²) in [6, 6.07) is 11.8. The predicted octanol–water partition coefficient (Wildman–Crippen LogP) is 2.94. The Morgan fingerprint density at radius 2 is 1.89 bits per heavy atom. The number of ether oxygens (including phenoxy) is 1. The SMILES string of the molecule is CCNCc1ccc(Oc2ccccc2CC)nn1. The van der Waals surface area contributed by atoms with Gasteiger partial charge in [0, 0.05) is 12.6 Å². The van der Waals surface area contributed by atoms with Gasteiger partial charge in [0.1, 0.15) is 5.75 Å². The van der Waals surface area contributed by atoms with E-state index in [2.05, 4.69) is 35.4 Å². The highest BCUT2D eigenvalue weighted by molar-refractivity contribution is 5.35. The molecule has 0 radical (unpaired) electrons. The highest BCUT2D eigenvalue weighted by Crippen LogP contribution is 2.23. The first-order valence-electron chi connectivity index (χ1n) is 6.62. The molecule has 0 bridgehead atoms. The van der Waals surface area contributed by atoms with Crippen molar-refractivity contribution in [3.63, 3.8) is 0 Å². The van der Waals surface area contributed by atoms with Gasteiger partial charge in [0.25, 0.3) is 0 Å². The number of aryl methyl sites for hydroxylation is 1. The summed E-state index contributed by atoms with van der Waals surface area (Å²) in [6.07, 6.45) is 0.933. The molecule has 0 saturated heterocycles. The zero-order valence-electron chi connectivity index (χ0n) is 11.4. The molecule has 100 valence electrons. The van der Waals surface area contributed by atoms with Gasteiger partial charge in [-0.1, -0.05) is 32.0 Å². The number of rotatable bonds is 6. The standard InChI is InChI=1S/C15H19N3O/c1-3-12-7-5-6-8-14(12)19-15-10-9-13(17-18-15)11-16-4-2/h5-10,16H,3-4,11H2,1-2H3. The zero-order valence-corrected chi connectivity index (χ0v) is 11.4. The van der Waals surface area contributed by atoms with E-state index in [9.17, 15) is 0 Å². The minimum absolute atomic E-state index is 0.529. The fourth-order valence-corrected chi connectivity index (χ4v) is 1.76. The fourth-order valence-electron chi connectivity index (χ4n) is 1.76. The lowest BCUT2D eigenvalue weighted by Gasteiger charge is -2.08. The van der Waals surface area contributed by atoms with Gasteiger partial charge in [0.2, 0.25) is 5.88 Å². The maximum Gasteiger partial charge on any atom is 0.238 e. The molecule has 1 aromatic carbocycles. The second-order valence-corrected chi connectivity index (χ2v) is 4.21. The molecule has 19 heavy (non-hydrogen) atoms. The molecule has 1 heterocycles. The van der Waals surface area contributed by atoms with Crippen LogP contribution in [0, 0.1) is 0 Å². The first-order valence-corrected chi connectivity index (χ1v) is 6.62. The van der Waals surface area contributed by atoms with Gasteiger partial charge in [0.15, 0.2) is 0 Å². The van der Waals surface area contributed by atoms with Gasteiger partial charge in [-0.2, -0.15) is 5.10 Å². The van der Waals surface area contributed by atoms with E-state index in [4.69, 9.17) is 4.74 Å². The number of hydrogen-bond donors (Lipinski definition) is 1. The molecule has 0 aliphatic rings. The number of nitrogens with one attached hydrogen (secondary N) is 1. The molecule has 1 aromatic heterocycles. The Hall–Kier alpha value is -1.94. The maximum absolute atomic E-state index is 5.77. The summed E-state index contributed by atoms with van der Waals surface area (Å²) in [5.74, 6) is 1.37. The van der Waals surface area contributed by atoms with Crippen LogP contribution in [0.5, 0.6) is 11.6 Å². The molecule has 0 amide bonds. The van der Waals surface area contributed by atoms with Gasteiger partial charge >= 0.3 is 0 Å². The van der Waals surface area contributed by atoms with Crippen LogP contribution in [0.3, 0.4) is 0 Å². The molecule has 0 fully saturated rings. The third-order valence-electron chi connectivity index (χ3n) is 2.82. The number of hydrogen-bond acceptors (Lipinski definition) is 4. The van der Waals surface area contributed by atoms with Crippen LogP contribution in [0.1, 0.15) is 25.1 Å². The minimum atomic E-state index is 0.529. The smallest absolute Gasteiger partial charge is 0.238 e. The summed E-state index contributed by atoms with van der Waals surface area (Å²) in [4.78, 5) is 0. The minimum Gasteiger partial charge on any atom is -0.437 e. The average Bonchev–Trinajstić information content (AvgIpc) is 2.47. The van der Waals surface area contributed by atoms with Gasteiger partial charge < -0.3 is 10.1 Å². The number of aromatic nitrogens is 2. The zero-order chi connectivity index (χ0) is 13.5. The molecule has 4 nitrogen and oxygen atoms in total. The second kappa shape index (κ2) is 6.85. The Balaban J connectivity index is 2.06. The van der Waals surface area contributed by atoms with Gasteiger partial charge in [0.05, 0.1) is 5.69 Å². The summed E-state index contributed by atoms with van der Waals surface area (Å²) < 4.78 is 5.77. The maximum atomic E-state index is 5.77. The van der Waals surface area contributed by atoms with Gasteiger partial charge in [-0.15, -0.1) is 5.10 Å². The van der Waals surface area contributed by atoms with E-state index < -0.39 is 0 Å². The highest BCUT2D eigenvalue weighted by atomic mass is 16.5. The summed E-state index contributed by atoms with van der Waals surface area (Å²) in [5, 5.41) is 11.4. The van der Waals surface area contributed by atoms with Crippen molar-refractivity contribution in [1.29, 1.82) is 0 Å². The lowest BCUT2D eigenvalue weighted by Crippen LogP contribution is -2.13. The van der Waals surface area contributed by atoms with Gasteiger partial charge in [-0.25, -0.2) is 0 Å². The monoisotopic (exact) mass is 257 g/mol. The largest absolute Gasteiger partial charge is 0.437 e. The fraction of sp³-hybridized carbons (Fsp3) is 0.333. The third kappa shape index (κ3) is 3.76. The van der Waals surface area contributed by atoms with Crippen LogP contribution in [0.25, 0.3) is 0 Å². The van der Waals surface area contributed by atoms with E-state index in [0.717, 1.165) is 31.0 Å².